The van der Waals surface area contributed by atoms with Gasteiger partial charge in [-0.3, -0.25) is 4.18 Å². The second-order valence-corrected chi connectivity index (χ2v) is 9.23. The van der Waals surface area contributed by atoms with Crippen molar-refractivity contribution in [3.8, 4) is 0 Å². The molecule has 0 aromatic heterocycles. The van der Waals surface area contributed by atoms with Crippen LogP contribution in [0.1, 0.15) is 85.4 Å². The molecule has 2 aromatic carbocycles. The molecule has 29 heavy (non-hydrogen) atoms. The number of benzene rings is 2. The van der Waals surface area contributed by atoms with Gasteiger partial charge in [0, 0.05) is 5.39 Å². The Morgan fingerprint density at radius 2 is 1.24 bits per heavy atom. The maximum absolute atomic E-state index is 12.5. The minimum Gasteiger partial charge on any atom is -1.00 e. The predicted molar refractivity (Wildman–Crippen MR) is 119 cm³/mol. The summed E-state index contributed by atoms with van der Waals surface area (Å²) in [5.74, 6) is 0. The van der Waals surface area contributed by atoms with E-state index in [-0.39, 0.29) is 42.5 Å². The third-order valence-corrected chi connectivity index (χ3v) is 6.63. The third-order valence-electron chi connectivity index (χ3n) is 5.26. The topological polar surface area (TPSA) is 43.4 Å². The molecule has 2 rings (SSSR count). The molecule has 0 atom stereocenters. The van der Waals surface area contributed by atoms with Crippen LogP contribution in [0, 0.1) is 0 Å². The van der Waals surface area contributed by atoms with E-state index in [1.165, 1.54) is 57.8 Å². The summed E-state index contributed by atoms with van der Waals surface area (Å²) in [6.07, 6.45) is 15.0. The summed E-state index contributed by atoms with van der Waals surface area (Å²) < 4.78 is 30.3. The van der Waals surface area contributed by atoms with Gasteiger partial charge < -0.3 is 1.43 Å². The van der Waals surface area contributed by atoms with Gasteiger partial charge in [0.1, 0.15) is 4.90 Å². The average Bonchev–Trinajstić information content (AvgIpc) is 2.71. The Labute approximate surface area is 201 Å². The summed E-state index contributed by atoms with van der Waals surface area (Å²) >= 11 is 0. The van der Waals surface area contributed by atoms with Crippen LogP contribution in [0.4, 0.5) is 0 Å². The molecule has 0 spiro atoms. The molecular weight excluding hydrogens is 391 g/mol. The predicted octanol–water partition coefficient (Wildman–Crippen LogP) is 4.36. The van der Waals surface area contributed by atoms with E-state index in [9.17, 15) is 8.42 Å². The van der Waals surface area contributed by atoms with Gasteiger partial charge in [0.2, 0.25) is 0 Å². The monoisotopic (exact) mass is 428 g/mol. The van der Waals surface area contributed by atoms with Crippen LogP contribution in [0.2, 0.25) is 0 Å². The summed E-state index contributed by atoms with van der Waals surface area (Å²) in [6, 6.07) is 12.8. The fraction of sp³-hybridized carbons (Fsp3) is 0.583. The fourth-order valence-corrected chi connectivity index (χ4v) is 4.75. The Kier molecular flexibility index (Phi) is 14.2. The quantitative estimate of drug-likeness (QED) is 0.240. The zero-order chi connectivity index (χ0) is 20.1. The van der Waals surface area contributed by atoms with Gasteiger partial charge >= 0.3 is 29.6 Å². The van der Waals surface area contributed by atoms with Crippen LogP contribution in [-0.4, -0.2) is 15.0 Å². The molecule has 0 fully saturated rings. The molecule has 5 heteroatoms. The van der Waals surface area contributed by atoms with Crippen molar-refractivity contribution in [2.24, 2.45) is 0 Å². The molecule has 3 nitrogen and oxygen atoms in total. The summed E-state index contributed by atoms with van der Waals surface area (Å²) in [5, 5.41) is 1.64. The van der Waals surface area contributed by atoms with Gasteiger partial charge in [0.25, 0.3) is 10.1 Å². The maximum Gasteiger partial charge on any atom is 1.00 e. The standard InChI is InChI=1S/C24H36O3S.Na.H/c1-2-3-4-5-6-7-8-9-10-11-12-15-21-27-28(25,26)24-20-16-18-22-17-13-14-19-23(22)24;;/h13-14,16-20H,2-12,15,21H2,1H3;;/q;+1;-1. The van der Waals surface area contributed by atoms with Gasteiger partial charge in [-0.15, -0.1) is 0 Å². The summed E-state index contributed by atoms with van der Waals surface area (Å²) in [6.45, 7) is 2.52. The van der Waals surface area contributed by atoms with Crippen LogP contribution in [0.15, 0.2) is 47.4 Å². The molecule has 0 saturated carbocycles. The number of fused-ring (bicyclic) bond motifs is 1. The molecule has 0 aliphatic heterocycles. The molecule has 0 N–H and O–H groups in total. The van der Waals surface area contributed by atoms with E-state index >= 15 is 0 Å². The zero-order valence-electron chi connectivity index (χ0n) is 19.4. The number of rotatable bonds is 15. The Balaban J connectivity index is 0.00000420. The SMILES string of the molecule is CCCCCCCCCCCCCCOS(=O)(=O)c1cccc2ccccc12.[H-].[Na+]. The summed E-state index contributed by atoms with van der Waals surface area (Å²) in [7, 11) is -3.70. The number of hydrogen-bond acceptors (Lipinski definition) is 3. The normalized spacial score (nSPS) is 11.5. The summed E-state index contributed by atoms with van der Waals surface area (Å²) in [5.41, 5.74) is 0. The van der Waals surface area contributed by atoms with Gasteiger partial charge in [0.15, 0.2) is 0 Å². The Bertz CT molecular complexity index is 791. The van der Waals surface area contributed by atoms with Crippen LogP contribution in [-0.2, 0) is 14.3 Å². The van der Waals surface area contributed by atoms with Gasteiger partial charge in [-0.1, -0.05) is 114 Å². The Hall–Kier alpha value is -0.390. The van der Waals surface area contributed by atoms with Crippen molar-refractivity contribution < 1.29 is 43.6 Å². The summed E-state index contributed by atoms with van der Waals surface area (Å²) in [4.78, 5) is 0.268. The van der Waals surface area contributed by atoms with E-state index in [2.05, 4.69) is 6.92 Å². The maximum atomic E-state index is 12.5. The van der Waals surface area contributed by atoms with Crippen molar-refractivity contribution in [2.75, 3.05) is 6.61 Å². The van der Waals surface area contributed by atoms with Crippen molar-refractivity contribution in [2.45, 2.75) is 88.9 Å². The first-order valence-corrected chi connectivity index (χ1v) is 12.4. The first kappa shape index (κ1) is 26.6. The van der Waals surface area contributed by atoms with E-state index in [1.54, 1.807) is 12.1 Å². The number of unbranched alkanes of at least 4 members (excludes halogenated alkanes) is 11. The zero-order valence-corrected chi connectivity index (χ0v) is 21.2. The molecule has 0 unspecified atom stereocenters. The second-order valence-electron chi connectivity index (χ2n) is 7.64. The van der Waals surface area contributed by atoms with E-state index < -0.39 is 10.1 Å². The van der Waals surface area contributed by atoms with Gasteiger partial charge in [0.05, 0.1) is 6.61 Å². The molecule has 0 heterocycles. The minimum atomic E-state index is -3.70. The smallest absolute Gasteiger partial charge is 1.00 e. The molecule has 0 aliphatic carbocycles. The van der Waals surface area contributed by atoms with Crippen LogP contribution in [0.25, 0.3) is 10.8 Å². The van der Waals surface area contributed by atoms with Crippen molar-refractivity contribution in [3.05, 3.63) is 42.5 Å². The first-order chi connectivity index (χ1) is 13.6. The Morgan fingerprint density at radius 1 is 0.724 bits per heavy atom. The van der Waals surface area contributed by atoms with Crippen molar-refractivity contribution in [1.29, 1.82) is 0 Å². The van der Waals surface area contributed by atoms with Crippen LogP contribution in [0.5, 0.6) is 0 Å². The largest absolute Gasteiger partial charge is 1.00 e. The van der Waals surface area contributed by atoms with E-state index in [1.807, 2.05) is 30.3 Å². The molecule has 158 valence electrons. The molecule has 0 aliphatic rings. The molecule has 0 radical (unpaired) electrons. The molecule has 0 amide bonds. The van der Waals surface area contributed by atoms with E-state index in [0.717, 1.165) is 30.0 Å². The van der Waals surface area contributed by atoms with Gasteiger partial charge in [-0.05, 0) is 17.9 Å². The number of hydrogen-bond donors (Lipinski definition) is 0. The van der Waals surface area contributed by atoms with Crippen molar-refractivity contribution in [1.82, 2.24) is 0 Å². The Morgan fingerprint density at radius 3 is 1.86 bits per heavy atom. The fourth-order valence-electron chi connectivity index (χ4n) is 3.59. The van der Waals surface area contributed by atoms with Gasteiger partial charge in [-0.25, -0.2) is 0 Å². The van der Waals surface area contributed by atoms with Gasteiger partial charge in [-0.2, -0.15) is 8.42 Å². The molecule has 2 aromatic rings. The van der Waals surface area contributed by atoms with Crippen molar-refractivity contribution in [3.63, 3.8) is 0 Å². The molecule has 0 saturated heterocycles. The molecule has 0 bridgehead atoms. The van der Waals surface area contributed by atoms with Crippen LogP contribution < -0.4 is 29.6 Å². The third kappa shape index (κ3) is 9.97. The second kappa shape index (κ2) is 15.4. The minimum absolute atomic E-state index is 0. The van der Waals surface area contributed by atoms with E-state index in [4.69, 9.17) is 4.18 Å². The average molecular weight is 429 g/mol. The van der Waals surface area contributed by atoms with E-state index in [0.29, 0.717) is 0 Å². The van der Waals surface area contributed by atoms with Crippen molar-refractivity contribution >= 4 is 20.9 Å². The molecular formula is C24H37NaO3S. The van der Waals surface area contributed by atoms with Crippen LogP contribution in [0.3, 0.4) is 0 Å². The van der Waals surface area contributed by atoms with Crippen LogP contribution >= 0.6 is 0 Å². The first-order valence-electron chi connectivity index (χ1n) is 11.0.